The van der Waals surface area contributed by atoms with Crippen LogP contribution in [0.5, 0.6) is 0 Å². The molecule has 1 aromatic heterocycles. The van der Waals surface area contributed by atoms with Crippen molar-refractivity contribution in [3.63, 3.8) is 0 Å². The number of amidine groups is 1. The van der Waals surface area contributed by atoms with Crippen LogP contribution in [0.1, 0.15) is 54.5 Å². The number of benzene rings is 1. The average molecular weight is 484 g/mol. The molecule has 1 aromatic carbocycles. The summed E-state index contributed by atoms with van der Waals surface area (Å²) in [4.78, 5) is 39.9. The van der Waals surface area contributed by atoms with Crippen LogP contribution >= 0.6 is 11.3 Å². The molecule has 1 aliphatic heterocycles. The molecule has 3 amide bonds. The third-order valence-electron chi connectivity index (χ3n) is 5.93. The molecule has 0 radical (unpaired) electrons. The second-order valence-corrected chi connectivity index (χ2v) is 9.50. The lowest BCUT2D eigenvalue weighted by Gasteiger charge is -2.24. The minimum atomic E-state index is -0.519. The number of unbranched alkanes of at least 4 members (excludes halogenated alkanes) is 2. The molecular weight excluding hydrogens is 450 g/mol. The number of rotatable bonds is 12. The Hall–Kier alpha value is -3.20. The van der Waals surface area contributed by atoms with Crippen LogP contribution < -0.4 is 16.4 Å². The number of hydrogen-bond donors (Lipinski definition) is 4. The van der Waals surface area contributed by atoms with Gasteiger partial charge in [-0.2, -0.15) is 0 Å². The summed E-state index contributed by atoms with van der Waals surface area (Å²) in [5, 5.41) is 14.8. The van der Waals surface area contributed by atoms with E-state index in [2.05, 4.69) is 22.8 Å². The van der Waals surface area contributed by atoms with Crippen LogP contribution in [-0.2, 0) is 27.3 Å². The van der Waals surface area contributed by atoms with E-state index in [4.69, 9.17) is 11.1 Å². The van der Waals surface area contributed by atoms with Gasteiger partial charge in [0.25, 0.3) is 0 Å². The Morgan fingerprint density at radius 3 is 2.65 bits per heavy atom. The van der Waals surface area contributed by atoms with Gasteiger partial charge < -0.3 is 21.3 Å². The second-order valence-electron chi connectivity index (χ2n) is 8.50. The number of amides is 3. The van der Waals surface area contributed by atoms with E-state index in [-0.39, 0.29) is 30.1 Å². The molecule has 1 unspecified atom stereocenters. The van der Waals surface area contributed by atoms with E-state index < -0.39 is 6.04 Å². The minimum absolute atomic E-state index is 0.00405. The third kappa shape index (κ3) is 7.69. The van der Waals surface area contributed by atoms with E-state index in [0.717, 1.165) is 37.0 Å². The smallest absolute Gasteiger partial charge is 0.243 e. The number of carbonyl (C=O) groups is 3. The molecule has 8 nitrogen and oxygen atoms in total. The van der Waals surface area contributed by atoms with Gasteiger partial charge in [-0.25, -0.2) is 0 Å². The van der Waals surface area contributed by atoms with Crippen LogP contribution in [-0.4, -0.2) is 47.6 Å². The fourth-order valence-corrected chi connectivity index (χ4v) is 4.87. The summed E-state index contributed by atoms with van der Waals surface area (Å²) in [6.07, 6.45) is 5.54. The average Bonchev–Trinajstić information content (AvgIpc) is 3.52. The highest BCUT2D eigenvalue weighted by Gasteiger charge is 2.33. The van der Waals surface area contributed by atoms with Gasteiger partial charge in [0.2, 0.25) is 17.7 Å². The van der Waals surface area contributed by atoms with Gasteiger partial charge in [-0.3, -0.25) is 19.8 Å². The first kappa shape index (κ1) is 25.4. The Kier molecular flexibility index (Phi) is 9.63. The quantitative estimate of drug-likeness (QED) is 0.210. The normalized spacial score (nSPS) is 15.2. The SMILES string of the molecule is N=C(N)c1csc(CNC(=O)C2CCCN2C(=O)CNC(=O)CCCCCc2ccccc2)c1. The van der Waals surface area contributed by atoms with Crippen molar-refractivity contribution in [2.45, 2.75) is 57.5 Å². The molecule has 9 heteroatoms. The first-order chi connectivity index (χ1) is 16.4. The molecule has 182 valence electrons. The molecule has 0 spiro atoms. The van der Waals surface area contributed by atoms with Gasteiger partial charge in [0, 0.05) is 28.8 Å². The van der Waals surface area contributed by atoms with Crippen molar-refractivity contribution in [1.29, 1.82) is 5.41 Å². The lowest BCUT2D eigenvalue weighted by molar-refractivity contribution is -0.138. The number of hydrogen-bond acceptors (Lipinski definition) is 5. The number of carbonyl (C=O) groups excluding carboxylic acids is 3. The maximum Gasteiger partial charge on any atom is 0.243 e. The molecule has 2 heterocycles. The highest BCUT2D eigenvalue weighted by molar-refractivity contribution is 7.10. The zero-order valence-electron chi connectivity index (χ0n) is 19.3. The molecule has 3 rings (SSSR count). The number of nitrogens with one attached hydrogen (secondary N) is 3. The monoisotopic (exact) mass is 483 g/mol. The van der Waals surface area contributed by atoms with Crippen LogP contribution in [0.25, 0.3) is 0 Å². The fourth-order valence-electron chi connectivity index (χ4n) is 4.04. The van der Waals surface area contributed by atoms with Crippen molar-refractivity contribution in [3.05, 3.63) is 57.8 Å². The maximum absolute atomic E-state index is 12.7. The standard InChI is InChI=1S/C25H33N5O3S/c26-24(27)19-14-20(34-17-19)15-29-25(33)21-11-7-13-30(21)23(32)16-28-22(31)12-6-2-5-10-18-8-3-1-4-9-18/h1,3-4,8-9,14,17,21H,2,5-7,10-13,15-16H2,(H3,26,27)(H,28,31)(H,29,33). The van der Waals surface area contributed by atoms with Gasteiger partial charge in [-0.1, -0.05) is 36.8 Å². The fraction of sp³-hybridized carbons (Fsp3) is 0.440. The highest BCUT2D eigenvalue weighted by Crippen LogP contribution is 2.19. The number of likely N-dealkylation sites (tertiary alicyclic amines) is 1. The maximum atomic E-state index is 12.7. The topological polar surface area (TPSA) is 128 Å². The number of thiophene rings is 1. The van der Waals surface area contributed by atoms with Gasteiger partial charge in [0.1, 0.15) is 11.9 Å². The lowest BCUT2D eigenvalue weighted by Crippen LogP contribution is -2.48. The molecule has 1 aliphatic rings. The molecule has 5 N–H and O–H groups in total. The van der Waals surface area contributed by atoms with E-state index in [1.807, 2.05) is 18.2 Å². The van der Waals surface area contributed by atoms with Crippen molar-refractivity contribution in [1.82, 2.24) is 15.5 Å². The summed E-state index contributed by atoms with van der Waals surface area (Å²) in [6, 6.07) is 11.5. The molecule has 2 aromatic rings. The van der Waals surface area contributed by atoms with E-state index >= 15 is 0 Å². The molecule has 0 bridgehead atoms. The molecule has 1 saturated heterocycles. The van der Waals surface area contributed by atoms with Gasteiger partial charge in [0.15, 0.2) is 0 Å². The highest BCUT2D eigenvalue weighted by atomic mass is 32.1. The van der Waals surface area contributed by atoms with Gasteiger partial charge in [0.05, 0.1) is 13.1 Å². The van der Waals surface area contributed by atoms with E-state index in [9.17, 15) is 14.4 Å². The number of aryl methyl sites for hydroxylation is 1. The van der Waals surface area contributed by atoms with Crippen LogP contribution in [0.2, 0.25) is 0 Å². The second kappa shape index (κ2) is 12.9. The number of nitrogens with zero attached hydrogens (tertiary/aromatic N) is 1. The van der Waals surface area contributed by atoms with Crippen LogP contribution in [0, 0.1) is 5.41 Å². The van der Waals surface area contributed by atoms with E-state index in [1.165, 1.54) is 16.9 Å². The van der Waals surface area contributed by atoms with E-state index in [0.29, 0.717) is 31.5 Å². The zero-order valence-corrected chi connectivity index (χ0v) is 20.2. The molecule has 0 aliphatic carbocycles. The minimum Gasteiger partial charge on any atom is -0.384 e. The first-order valence-electron chi connectivity index (χ1n) is 11.7. The van der Waals surface area contributed by atoms with Gasteiger partial charge in [-0.15, -0.1) is 11.3 Å². The van der Waals surface area contributed by atoms with Crippen molar-refractivity contribution >= 4 is 34.9 Å². The Labute approximate surface area is 204 Å². The summed E-state index contributed by atoms with van der Waals surface area (Å²) in [5.74, 6) is -0.568. The molecule has 1 fully saturated rings. The van der Waals surface area contributed by atoms with Gasteiger partial charge >= 0.3 is 0 Å². The summed E-state index contributed by atoms with van der Waals surface area (Å²) in [5.41, 5.74) is 7.42. The number of nitrogens with two attached hydrogens (primary N) is 1. The predicted molar refractivity (Wildman–Crippen MR) is 134 cm³/mol. The van der Waals surface area contributed by atoms with Gasteiger partial charge in [-0.05, 0) is 43.7 Å². The van der Waals surface area contributed by atoms with Crippen LogP contribution in [0.3, 0.4) is 0 Å². The van der Waals surface area contributed by atoms with Crippen molar-refractivity contribution in [3.8, 4) is 0 Å². The zero-order chi connectivity index (χ0) is 24.3. The third-order valence-corrected chi connectivity index (χ3v) is 6.86. The van der Waals surface area contributed by atoms with Crippen molar-refractivity contribution < 1.29 is 14.4 Å². The summed E-state index contributed by atoms with van der Waals surface area (Å²) < 4.78 is 0. The van der Waals surface area contributed by atoms with Crippen molar-refractivity contribution in [2.24, 2.45) is 5.73 Å². The lowest BCUT2D eigenvalue weighted by atomic mass is 10.1. The van der Waals surface area contributed by atoms with E-state index in [1.54, 1.807) is 16.3 Å². The van der Waals surface area contributed by atoms with Crippen LogP contribution in [0.15, 0.2) is 41.8 Å². The first-order valence-corrected chi connectivity index (χ1v) is 12.6. The largest absolute Gasteiger partial charge is 0.384 e. The molecular formula is C25H33N5O3S. The Balaban J connectivity index is 1.34. The van der Waals surface area contributed by atoms with Crippen molar-refractivity contribution in [2.75, 3.05) is 13.1 Å². The number of nitrogen functional groups attached to an aromatic ring is 1. The molecule has 34 heavy (non-hydrogen) atoms. The molecule has 0 saturated carbocycles. The molecule has 1 atom stereocenters. The summed E-state index contributed by atoms with van der Waals surface area (Å²) in [7, 11) is 0. The Bertz CT molecular complexity index is 991. The Morgan fingerprint density at radius 1 is 1.12 bits per heavy atom. The van der Waals surface area contributed by atoms with Crippen LogP contribution in [0.4, 0.5) is 0 Å². The predicted octanol–water partition coefficient (Wildman–Crippen LogP) is 2.56. The summed E-state index contributed by atoms with van der Waals surface area (Å²) >= 11 is 1.43. The summed E-state index contributed by atoms with van der Waals surface area (Å²) in [6.45, 7) is 0.760. The Morgan fingerprint density at radius 2 is 1.91 bits per heavy atom.